The SMILES string of the molecule is COC(=O)c1ccc2c(c1)C(N1CCCCC1)C(O)C(C)(C)O2. The summed E-state index contributed by atoms with van der Waals surface area (Å²) in [5.74, 6) is 0.369. The maximum atomic E-state index is 11.9. The highest BCUT2D eigenvalue weighted by atomic mass is 16.5. The van der Waals surface area contributed by atoms with Crippen molar-refractivity contribution in [3.05, 3.63) is 29.3 Å². The van der Waals surface area contributed by atoms with Crippen molar-refractivity contribution in [2.45, 2.75) is 50.9 Å². The zero-order chi connectivity index (χ0) is 16.6. The number of benzene rings is 1. The van der Waals surface area contributed by atoms with Gasteiger partial charge in [0.1, 0.15) is 17.5 Å². The number of methoxy groups -OCH3 is 1. The van der Waals surface area contributed by atoms with Crippen LogP contribution in [0.5, 0.6) is 5.75 Å². The fraction of sp³-hybridized carbons (Fsp3) is 0.611. The molecule has 126 valence electrons. The largest absolute Gasteiger partial charge is 0.485 e. The highest BCUT2D eigenvalue weighted by molar-refractivity contribution is 5.89. The van der Waals surface area contributed by atoms with E-state index in [-0.39, 0.29) is 12.0 Å². The number of carbonyl (C=O) groups excluding carboxylic acids is 1. The number of piperidine rings is 1. The van der Waals surface area contributed by atoms with Gasteiger partial charge in [0, 0.05) is 5.56 Å². The fourth-order valence-corrected chi connectivity index (χ4v) is 3.60. The lowest BCUT2D eigenvalue weighted by Crippen LogP contribution is -2.54. The smallest absolute Gasteiger partial charge is 0.337 e. The van der Waals surface area contributed by atoms with E-state index in [4.69, 9.17) is 9.47 Å². The first-order chi connectivity index (χ1) is 10.9. The number of likely N-dealkylation sites (tertiary alicyclic amines) is 1. The minimum absolute atomic E-state index is 0.154. The van der Waals surface area contributed by atoms with Crippen LogP contribution in [-0.2, 0) is 4.74 Å². The normalized spacial score (nSPS) is 27.0. The van der Waals surface area contributed by atoms with Crippen LogP contribution in [0.2, 0.25) is 0 Å². The molecule has 0 aliphatic carbocycles. The van der Waals surface area contributed by atoms with Crippen molar-refractivity contribution in [3.8, 4) is 5.75 Å². The first-order valence-electron chi connectivity index (χ1n) is 8.27. The second-order valence-corrected chi connectivity index (χ2v) is 6.94. The summed E-state index contributed by atoms with van der Waals surface area (Å²) in [5, 5.41) is 10.9. The number of carbonyl (C=O) groups is 1. The molecule has 5 heteroatoms. The van der Waals surface area contributed by atoms with Crippen LogP contribution in [0.4, 0.5) is 0 Å². The van der Waals surface area contributed by atoms with Crippen molar-refractivity contribution in [2.24, 2.45) is 0 Å². The molecule has 0 spiro atoms. The van der Waals surface area contributed by atoms with Crippen molar-refractivity contribution in [1.82, 2.24) is 4.90 Å². The third kappa shape index (κ3) is 2.95. The second kappa shape index (κ2) is 6.13. The molecule has 0 bridgehead atoms. The molecule has 2 heterocycles. The molecule has 1 N–H and O–H groups in total. The van der Waals surface area contributed by atoms with Crippen molar-refractivity contribution < 1.29 is 19.4 Å². The number of hydrogen-bond acceptors (Lipinski definition) is 5. The maximum Gasteiger partial charge on any atom is 0.337 e. The second-order valence-electron chi connectivity index (χ2n) is 6.94. The summed E-state index contributed by atoms with van der Waals surface area (Å²) in [7, 11) is 1.37. The van der Waals surface area contributed by atoms with Gasteiger partial charge in [-0.1, -0.05) is 6.42 Å². The molecule has 0 aromatic heterocycles. The molecule has 0 saturated carbocycles. The van der Waals surface area contributed by atoms with E-state index in [1.807, 2.05) is 19.9 Å². The summed E-state index contributed by atoms with van der Waals surface area (Å²) in [6.07, 6.45) is 2.85. The molecule has 1 aromatic carbocycles. The molecule has 1 saturated heterocycles. The van der Waals surface area contributed by atoms with Gasteiger partial charge >= 0.3 is 5.97 Å². The van der Waals surface area contributed by atoms with Gasteiger partial charge in [-0.05, 0) is 58.0 Å². The molecule has 0 amide bonds. The van der Waals surface area contributed by atoms with Gasteiger partial charge in [0.05, 0.1) is 18.7 Å². The predicted molar refractivity (Wildman–Crippen MR) is 86.7 cm³/mol. The average Bonchev–Trinajstić information content (AvgIpc) is 2.55. The van der Waals surface area contributed by atoms with E-state index in [0.29, 0.717) is 5.56 Å². The quantitative estimate of drug-likeness (QED) is 0.849. The molecule has 2 atom stereocenters. The number of esters is 1. The van der Waals surface area contributed by atoms with E-state index >= 15 is 0 Å². The van der Waals surface area contributed by atoms with E-state index in [0.717, 1.165) is 37.2 Å². The van der Waals surface area contributed by atoms with Crippen LogP contribution in [0.15, 0.2) is 18.2 Å². The molecule has 2 unspecified atom stereocenters. The number of aliphatic hydroxyl groups excluding tert-OH is 1. The fourth-order valence-electron chi connectivity index (χ4n) is 3.60. The zero-order valence-corrected chi connectivity index (χ0v) is 14.0. The summed E-state index contributed by atoms with van der Waals surface area (Å²) < 4.78 is 10.8. The average molecular weight is 319 g/mol. The lowest BCUT2D eigenvalue weighted by atomic mass is 9.84. The molecule has 1 fully saturated rings. The van der Waals surface area contributed by atoms with Crippen LogP contribution in [0, 0.1) is 0 Å². The highest BCUT2D eigenvalue weighted by Crippen LogP contribution is 2.44. The number of hydrogen-bond donors (Lipinski definition) is 1. The van der Waals surface area contributed by atoms with Crippen molar-refractivity contribution in [3.63, 3.8) is 0 Å². The van der Waals surface area contributed by atoms with E-state index in [2.05, 4.69) is 4.90 Å². The summed E-state index contributed by atoms with van der Waals surface area (Å²) in [4.78, 5) is 14.2. The number of rotatable bonds is 2. The van der Waals surface area contributed by atoms with Crippen LogP contribution in [-0.4, -0.2) is 47.9 Å². The van der Waals surface area contributed by atoms with Gasteiger partial charge in [-0.2, -0.15) is 0 Å². The summed E-state index contributed by atoms with van der Waals surface area (Å²) >= 11 is 0. The van der Waals surface area contributed by atoms with Crippen molar-refractivity contribution >= 4 is 5.97 Å². The summed E-state index contributed by atoms with van der Waals surface area (Å²) in [5.41, 5.74) is 0.701. The summed E-state index contributed by atoms with van der Waals surface area (Å²) in [6.45, 7) is 5.73. The molecule has 23 heavy (non-hydrogen) atoms. The number of ether oxygens (including phenoxy) is 2. The highest BCUT2D eigenvalue weighted by Gasteiger charge is 2.45. The molecule has 2 aliphatic heterocycles. The minimum atomic E-state index is -0.665. The van der Waals surface area contributed by atoms with E-state index in [1.165, 1.54) is 13.5 Å². The van der Waals surface area contributed by atoms with Gasteiger partial charge in [-0.25, -0.2) is 4.79 Å². The Morgan fingerprint density at radius 2 is 2.00 bits per heavy atom. The van der Waals surface area contributed by atoms with E-state index < -0.39 is 11.7 Å². The molecule has 0 radical (unpaired) electrons. The maximum absolute atomic E-state index is 11.9. The Balaban J connectivity index is 2.04. The molecule has 5 nitrogen and oxygen atoms in total. The lowest BCUT2D eigenvalue weighted by Gasteiger charge is -2.47. The molecule has 3 rings (SSSR count). The standard InChI is InChI=1S/C18H25NO4/c1-18(2)16(20)15(19-9-5-4-6-10-19)13-11-12(17(21)22-3)7-8-14(13)23-18/h7-8,11,15-16,20H,4-6,9-10H2,1-3H3. The Labute approximate surface area is 137 Å². The molecular weight excluding hydrogens is 294 g/mol. The molecular formula is C18H25NO4. The third-order valence-corrected chi connectivity index (χ3v) is 4.92. The monoisotopic (exact) mass is 319 g/mol. The number of nitrogens with zero attached hydrogens (tertiary/aromatic N) is 1. The zero-order valence-electron chi connectivity index (χ0n) is 14.0. The van der Waals surface area contributed by atoms with Crippen LogP contribution in [0.25, 0.3) is 0 Å². The Bertz CT molecular complexity index is 593. The Morgan fingerprint density at radius 1 is 1.30 bits per heavy atom. The first-order valence-corrected chi connectivity index (χ1v) is 8.27. The van der Waals surface area contributed by atoms with Crippen LogP contribution < -0.4 is 4.74 Å². The van der Waals surface area contributed by atoms with Crippen LogP contribution >= 0.6 is 0 Å². The van der Waals surface area contributed by atoms with Crippen molar-refractivity contribution in [1.29, 1.82) is 0 Å². The Morgan fingerprint density at radius 3 is 2.65 bits per heavy atom. The molecule has 1 aromatic rings. The number of aliphatic hydroxyl groups is 1. The van der Waals surface area contributed by atoms with Gasteiger partial charge in [0.15, 0.2) is 0 Å². The Kier molecular flexibility index (Phi) is 4.34. The Hall–Kier alpha value is -1.59. The van der Waals surface area contributed by atoms with Gasteiger partial charge in [0.2, 0.25) is 0 Å². The van der Waals surface area contributed by atoms with Crippen LogP contribution in [0.3, 0.4) is 0 Å². The predicted octanol–water partition coefficient (Wildman–Crippen LogP) is 2.53. The van der Waals surface area contributed by atoms with E-state index in [9.17, 15) is 9.90 Å². The van der Waals surface area contributed by atoms with Gasteiger partial charge in [-0.3, -0.25) is 4.90 Å². The molecule has 2 aliphatic rings. The van der Waals surface area contributed by atoms with Gasteiger partial charge in [-0.15, -0.1) is 0 Å². The minimum Gasteiger partial charge on any atom is -0.485 e. The third-order valence-electron chi connectivity index (χ3n) is 4.92. The van der Waals surface area contributed by atoms with Crippen LogP contribution in [0.1, 0.15) is 55.1 Å². The lowest BCUT2D eigenvalue weighted by molar-refractivity contribution is -0.0961. The van der Waals surface area contributed by atoms with Crippen molar-refractivity contribution in [2.75, 3.05) is 20.2 Å². The number of fused-ring (bicyclic) bond motifs is 1. The summed E-state index contributed by atoms with van der Waals surface area (Å²) in [6, 6.07) is 5.18. The van der Waals surface area contributed by atoms with Gasteiger partial charge < -0.3 is 14.6 Å². The van der Waals surface area contributed by atoms with E-state index in [1.54, 1.807) is 12.1 Å². The first kappa shape index (κ1) is 16.3. The topological polar surface area (TPSA) is 59.0 Å². The van der Waals surface area contributed by atoms with Gasteiger partial charge in [0.25, 0.3) is 0 Å².